The summed E-state index contributed by atoms with van der Waals surface area (Å²) in [6.07, 6.45) is 2.27. The number of rotatable bonds is 7. The highest BCUT2D eigenvalue weighted by atomic mass is 14.8. The molecule has 0 radical (unpaired) electrons. The summed E-state index contributed by atoms with van der Waals surface area (Å²) in [5.74, 6) is 0.722. The van der Waals surface area contributed by atoms with Gasteiger partial charge in [0.1, 0.15) is 0 Å². The summed E-state index contributed by atoms with van der Waals surface area (Å²) in [6, 6.07) is 17.9. The normalized spacial score (nSPS) is 11.0. The maximum absolute atomic E-state index is 3.52. The van der Waals surface area contributed by atoms with E-state index in [1.165, 1.54) is 22.3 Å². The van der Waals surface area contributed by atoms with E-state index in [0.29, 0.717) is 0 Å². The van der Waals surface area contributed by atoms with E-state index in [4.69, 9.17) is 0 Å². The van der Waals surface area contributed by atoms with Crippen LogP contribution >= 0.6 is 0 Å². The van der Waals surface area contributed by atoms with Gasteiger partial charge < -0.3 is 5.32 Å². The maximum atomic E-state index is 3.52. The number of nitrogens with one attached hydrogen (secondary N) is 1. The number of aryl methyl sites for hydroxylation is 1. The minimum absolute atomic E-state index is 0.722. The molecular formula is C20H27N. The lowest BCUT2D eigenvalue weighted by molar-refractivity contribution is 0.646. The van der Waals surface area contributed by atoms with Crippen molar-refractivity contribution in [3.05, 3.63) is 70.8 Å². The standard InChI is InChI=1S/C20H27N/c1-4-17-5-9-19(10-6-17)14-21-15-20-11-7-18(8-12-20)13-16(2)3/h5-12,16,21H,4,13-15H2,1-3H3. The topological polar surface area (TPSA) is 12.0 Å². The molecule has 0 bridgehead atoms. The van der Waals surface area contributed by atoms with E-state index < -0.39 is 0 Å². The zero-order valence-electron chi connectivity index (χ0n) is 13.5. The predicted molar refractivity (Wildman–Crippen MR) is 91.3 cm³/mol. The van der Waals surface area contributed by atoms with Crippen molar-refractivity contribution in [2.45, 2.75) is 46.7 Å². The van der Waals surface area contributed by atoms with E-state index in [0.717, 1.165) is 31.8 Å². The Kier molecular flexibility index (Phi) is 6.01. The zero-order chi connectivity index (χ0) is 15.1. The first-order valence-corrected chi connectivity index (χ1v) is 8.03. The van der Waals surface area contributed by atoms with Crippen molar-refractivity contribution in [2.24, 2.45) is 5.92 Å². The Morgan fingerprint density at radius 2 is 1.14 bits per heavy atom. The van der Waals surface area contributed by atoms with E-state index in [9.17, 15) is 0 Å². The van der Waals surface area contributed by atoms with Gasteiger partial charge in [0.15, 0.2) is 0 Å². The molecule has 1 heteroatoms. The van der Waals surface area contributed by atoms with Crippen molar-refractivity contribution >= 4 is 0 Å². The Balaban J connectivity index is 1.79. The van der Waals surface area contributed by atoms with Crippen LogP contribution in [0.1, 0.15) is 43.0 Å². The number of benzene rings is 2. The molecule has 0 atom stereocenters. The third-order valence-corrected chi connectivity index (χ3v) is 3.76. The van der Waals surface area contributed by atoms with Crippen molar-refractivity contribution in [3.63, 3.8) is 0 Å². The second kappa shape index (κ2) is 7.99. The van der Waals surface area contributed by atoms with Crippen LogP contribution in [-0.2, 0) is 25.9 Å². The van der Waals surface area contributed by atoms with Gasteiger partial charge in [-0.2, -0.15) is 0 Å². The molecule has 0 aromatic heterocycles. The fourth-order valence-electron chi connectivity index (χ4n) is 2.51. The van der Waals surface area contributed by atoms with Crippen LogP contribution in [0.2, 0.25) is 0 Å². The lowest BCUT2D eigenvalue weighted by Gasteiger charge is -2.08. The maximum Gasteiger partial charge on any atom is 0.0208 e. The predicted octanol–water partition coefficient (Wildman–Crippen LogP) is 4.74. The minimum Gasteiger partial charge on any atom is -0.309 e. The molecule has 0 saturated carbocycles. The summed E-state index contributed by atoms with van der Waals surface area (Å²) in [6.45, 7) is 8.57. The average molecular weight is 281 g/mol. The van der Waals surface area contributed by atoms with E-state index in [2.05, 4.69) is 74.6 Å². The molecule has 0 aliphatic rings. The summed E-state index contributed by atoms with van der Waals surface area (Å²) >= 11 is 0. The Bertz CT molecular complexity index is 523. The van der Waals surface area contributed by atoms with Crippen LogP contribution in [0.5, 0.6) is 0 Å². The Hall–Kier alpha value is -1.60. The highest BCUT2D eigenvalue weighted by Gasteiger charge is 1.99. The van der Waals surface area contributed by atoms with Crippen LogP contribution in [0.4, 0.5) is 0 Å². The van der Waals surface area contributed by atoms with Crippen LogP contribution in [-0.4, -0.2) is 0 Å². The SMILES string of the molecule is CCc1ccc(CNCc2ccc(CC(C)C)cc2)cc1. The first-order valence-electron chi connectivity index (χ1n) is 8.03. The van der Waals surface area contributed by atoms with Crippen molar-refractivity contribution in [1.82, 2.24) is 5.32 Å². The van der Waals surface area contributed by atoms with Gasteiger partial charge in [-0.1, -0.05) is 69.3 Å². The lowest BCUT2D eigenvalue weighted by atomic mass is 10.0. The molecule has 0 spiro atoms. The molecule has 0 unspecified atom stereocenters. The molecule has 2 rings (SSSR count). The van der Waals surface area contributed by atoms with Crippen molar-refractivity contribution in [1.29, 1.82) is 0 Å². The summed E-state index contributed by atoms with van der Waals surface area (Å²) in [5.41, 5.74) is 5.54. The molecule has 1 nitrogen and oxygen atoms in total. The third kappa shape index (κ3) is 5.35. The second-order valence-corrected chi connectivity index (χ2v) is 6.19. The molecular weight excluding hydrogens is 254 g/mol. The van der Waals surface area contributed by atoms with Gasteiger partial charge >= 0.3 is 0 Å². The van der Waals surface area contributed by atoms with Crippen LogP contribution in [0.3, 0.4) is 0 Å². The highest BCUT2D eigenvalue weighted by molar-refractivity contribution is 5.24. The van der Waals surface area contributed by atoms with E-state index in [-0.39, 0.29) is 0 Å². The second-order valence-electron chi connectivity index (χ2n) is 6.19. The van der Waals surface area contributed by atoms with Gasteiger partial charge in [0.25, 0.3) is 0 Å². The monoisotopic (exact) mass is 281 g/mol. The minimum atomic E-state index is 0.722. The Morgan fingerprint density at radius 3 is 1.57 bits per heavy atom. The van der Waals surface area contributed by atoms with Gasteiger partial charge in [0, 0.05) is 13.1 Å². The number of hydrogen-bond donors (Lipinski definition) is 1. The molecule has 2 aromatic carbocycles. The molecule has 21 heavy (non-hydrogen) atoms. The zero-order valence-corrected chi connectivity index (χ0v) is 13.5. The van der Waals surface area contributed by atoms with Crippen molar-refractivity contribution in [2.75, 3.05) is 0 Å². The molecule has 0 aliphatic carbocycles. The van der Waals surface area contributed by atoms with Gasteiger partial charge in [-0.05, 0) is 41.0 Å². The number of hydrogen-bond acceptors (Lipinski definition) is 1. The largest absolute Gasteiger partial charge is 0.309 e. The quantitative estimate of drug-likeness (QED) is 0.773. The highest BCUT2D eigenvalue weighted by Crippen LogP contribution is 2.10. The summed E-state index contributed by atoms with van der Waals surface area (Å²) in [5, 5.41) is 3.52. The summed E-state index contributed by atoms with van der Waals surface area (Å²) in [4.78, 5) is 0. The van der Waals surface area contributed by atoms with E-state index in [1.54, 1.807) is 0 Å². The third-order valence-electron chi connectivity index (χ3n) is 3.76. The lowest BCUT2D eigenvalue weighted by Crippen LogP contribution is -2.12. The Morgan fingerprint density at radius 1 is 0.714 bits per heavy atom. The van der Waals surface area contributed by atoms with Gasteiger partial charge in [-0.15, -0.1) is 0 Å². The van der Waals surface area contributed by atoms with Crippen LogP contribution in [0.15, 0.2) is 48.5 Å². The van der Waals surface area contributed by atoms with Gasteiger partial charge in [0.05, 0.1) is 0 Å². The van der Waals surface area contributed by atoms with Crippen LogP contribution in [0.25, 0.3) is 0 Å². The summed E-state index contributed by atoms with van der Waals surface area (Å²) < 4.78 is 0. The van der Waals surface area contributed by atoms with Crippen LogP contribution < -0.4 is 5.32 Å². The molecule has 1 N–H and O–H groups in total. The average Bonchev–Trinajstić information content (AvgIpc) is 2.49. The summed E-state index contributed by atoms with van der Waals surface area (Å²) in [7, 11) is 0. The fourth-order valence-corrected chi connectivity index (χ4v) is 2.51. The van der Waals surface area contributed by atoms with E-state index in [1.807, 2.05) is 0 Å². The van der Waals surface area contributed by atoms with Gasteiger partial charge in [-0.3, -0.25) is 0 Å². The van der Waals surface area contributed by atoms with Crippen LogP contribution in [0, 0.1) is 5.92 Å². The van der Waals surface area contributed by atoms with E-state index >= 15 is 0 Å². The molecule has 0 fully saturated rings. The molecule has 0 saturated heterocycles. The van der Waals surface area contributed by atoms with Gasteiger partial charge in [0.2, 0.25) is 0 Å². The van der Waals surface area contributed by atoms with Crippen molar-refractivity contribution in [3.8, 4) is 0 Å². The molecule has 0 amide bonds. The molecule has 112 valence electrons. The molecule has 2 aromatic rings. The molecule has 0 aliphatic heterocycles. The first-order chi connectivity index (χ1) is 10.2. The Labute approximate surface area is 129 Å². The van der Waals surface area contributed by atoms with Crippen molar-refractivity contribution < 1.29 is 0 Å². The van der Waals surface area contributed by atoms with Gasteiger partial charge in [-0.25, -0.2) is 0 Å². The first kappa shape index (κ1) is 15.8. The molecule has 0 heterocycles. The smallest absolute Gasteiger partial charge is 0.0208 e. The fraction of sp³-hybridized carbons (Fsp3) is 0.400.